The molecule has 0 radical (unpaired) electrons. The first kappa shape index (κ1) is 11.3. The number of rotatable bonds is 3. The minimum Gasteiger partial charge on any atom is -0.446 e. The molecule has 1 rings (SSSR count). The fourth-order valence-electron chi connectivity index (χ4n) is 2.09. The smallest absolute Gasteiger partial charge is 0.404 e. The molecule has 82 valence electrons. The standard InChI is InChI=1S/C10H19NO3/c1-10(6-7-12)4-2-8(3-5-10)14-9(11)13/h8,12H,2-7H2,1H3,(H2,11,13). The van der Waals surface area contributed by atoms with Crippen LogP contribution < -0.4 is 5.73 Å². The van der Waals surface area contributed by atoms with Crippen molar-refractivity contribution in [2.45, 2.75) is 45.1 Å². The van der Waals surface area contributed by atoms with E-state index in [1.54, 1.807) is 0 Å². The zero-order valence-corrected chi connectivity index (χ0v) is 8.66. The molecule has 1 amide bonds. The Balaban J connectivity index is 2.33. The first-order valence-corrected chi connectivity index (χ1v) is 5.13. The van der Waals surface area contributed by atoms with Crippen molar-refractivity contribution in [1.29, 1.82) is 0 Å². The van der Waals surface area contributed by atoms with Gasteiger partial charge in [-0.25, -0.2) is 4.79 Å². The highest BCUT2D eigenvalue weighted by atomic mass is 16.6. The van der Waals surface area contributed by atoms with Crippen molar-refractivity contribution in [2.75, 3.05) is 6.61 Å². The number of primary amides is 1. The molecule has 0 unspecified atom stereocenters. The lowest BCUT2D eigenvalue weighted by molar-refractivity contribution is 0.0388. The normalized spacial score (nSPS) is 32.6. The number of ether oxygens (including phenoxy) is 1. The van der Waals surface area contributed by atoms with Crippen LogP contribution in [0, 0.1) is 5.41 Å². The Morgan fingerprint density at radius 2 is 2.14 bits per heavy atom. The summed E-state index contributed by atoms with van der Waals surface area (Å²) in [6.45, 7) is 2.40. The lowest BCUT2D eigenvalue weighted by Gasteiger charge is -2.36. The highest BCUT2D eigenvalue weighted by molar-refractivity contribution is 5.64. The van der Waals surface area contributed by atoms with E-state index in [0.717, 1.165) is 32.1 Å². The second-order valence-electron chi connectivity index (χ2n) is 4.42. The number of aliphatic hydroxyl groups is 1. The van der Waals surface area contributed by atoms with Gasteiger partial charge in [0.2, 0.25) is 0 Å². The molecule has 0 aliphatic heterocycles. The largest absolute Gasteiger partial charge is 0.446 e. The Kier molecular flexibility index (Phi) is 3.75. The van der Waals surface area contributed by atoms with Crippen LogP contribution in [-0.2, 0) is 4.74 Å². The molecule has 3 N–H and O–H groups in total. The third-order valence-electron chi connectivity index (χ3n) is 3.14. The second-order valence-corrected chi connectivity index (χ2v) is 4.42. The molecule has 0 bridgehead atoms. The van der Waals surface area contributed by atoms with E-state index >= 15 is 0 Å². The zero-order chi connectivity index (χ0) is 10.6. The Hall–Kier alpha value is -0.770. The maximum Gasteiger partial charge on any atom is 0.404 e. The van der Waals surface area contributed by atoms with E-state index in [9.17, 15) is 4.79 Å². The lowest BCUT2D eigenvalue weighted by Crippen LogP contribution is -2.32. The van der Waals surface area contributed by atoms with Crippen LogP contribution in [0.5, 0.6) is 0 Å². The van der Waals surface area contributed by atoms with Crippen molar-refractivity contribution in [3.63, 3.8) is 0 Å². The van der Waals surface area contributed by atoms with E-state index in [2.05, 4.69) is 6.92 Å². The number of carbonyl (C=O) groups excluding carboxylic acids is 1. The third kappa shape index (κ3) is 3.18. The highest BCUT2D eigenvalue weighted by Crippen LogP contribution is 2.39. The lowest BCUT2D eigenvalue weighted by atomic mass is 9.73. The van der Waals surface area contributed by atoms with Crippen LogP contribution in [0.25, 0.3) is 0 Å². The molecule has 14 heavy (non-hydrogen) atoms. The quantitative estimate of drug-likeness (QED) is 0.725. The number of hydrogen-bond donors (Lipinski definition) is 2. The molecule has 0 spiro atoms. The van der Waals surface area contributed by atoms with Crippen LogP contribution in [-0.4, -0.2) is 23.9 Å². The number of hydrogen-bond acceptors (Lipinski definition) is 3. The molecule has 0 aromatic heterocycles. The van der Waals surface area contributed by atoms with E-state index in [-0.39, 0.29) is 18.1 Å². The van der Waals surface area contributed by atoms with E-state index in [1.807, 2.05) is 0 Å². The molecule has 1 aliphatic carbocycles. The summed E-state index contributed by atoms with van der Waals surface area (Å²) in [4.78, 5) is 10.5. The molecule has 4 nitrogen and oxygen atoms in total. The topological polar surface area (TPSA) is 72.6 Å². The summed E-state index contributed by atoms with van der Waals surface area (Å²) < 4.78 is 4.94. The summed E-state index contributed by atoms with van der Waals surface area (Å²) in [6, 6.07) is 0. The minimum absolute atomic E-state index is 0.0146. The van der Waals surface area contributed by atoms with Crippen LogP contribution in [0.15, 0.2) is 0 Å². The van der Waals surface area contributed by atoms with Crippen molar-refractivity contribution in [3.8, 4) is 0 Å². The van der Waals surface area contributed by atoms with Gasteiger partial charge in [0.05, 0.1) is 0 Å². The molecular formula is C10H19NO3. The molecule has 0 aromatic carbocycles. The molecule has 0 saturated heterocycles. The summed E-state index contributed by atoms with van der Waals surface area (Å²) >= 11 is 0. The van der Waals surface area contributed by atoms with Crippen molar-refractivity contribution in [1.82, 2.24) is 0 Å². The van der Waals surface area contributed by atoms with Gasteiger partial charge in [-0.1, -0.05) is 6.92 Å². The van der Waals surface area contributed by atoms with Gasteiger partial charge in [0, 0.05) is 6.61 Å². The fraction of sp³-hybridized carbons (Fsp3) is 0.900. The molecular weight excluding hydrogens is 182 g/mol. The summed E-state index contributed by atoms with van der Waals surface area (Å²) in [7, 11) is 0. The predicted octanol–water partition coefficient (Wildman–Crippen LogP) is 1.41. The van der Waals surface area contributed by atoms with E-state index in [4.69, 9.17) is 15.6 Å². The highest BCUT2D eigenvalue weighted by Gasteiger charge is 2.31. The van der Waals surface area contributed by atoms with E-state index < -0.39 is 6.09 Å². The van der Waals surface area contributed by atoms with Gasteiger partial charge in [-0.3, -0.25) is 0 Å². The van der Waals surface area contributed by atoms with Gasteiger partial charge < -0.3 is 15.6 Å². The van der Waals surface area contributed by atoms with Gasteiger partial charge in [0.15, 0.2) is 0 Å². The molecule has 1 aliphatic rings. The molecule has 0 heterocycles. The minimum atomic E-state index is -0.680. The zero-order valence-electron chi connectivity index (χ0n) is 8.66. The fourth-order valence-corrected chi connectivity index (χ4v) is 2.09. The Morgan fingerprint density at radius 1 is 1.57 bits per heavy atom. The van der Waals surface area contributed by atoms with Crippen molar-refractivity contribution < 1.29 is 14.6 Å². The summed E-state index contributed by atoms with van der Waals surface area (Å²) in [5.41, 5.74) is 5.16. The Bertz CT molecular complexity index is 198. The number of carbonyl (C=O) groups is 1. The van der Waals surface area contributed by atoms with Gasteiger partial charge in [0.25, 0.3) is 0 Å². The van der Waals surface area contributed by atoms with Crippen LogP contribution in [0.4, 0.5) is 4.79 Å². The SMILES string of the molecule is CC1(CCO)CCC(OC(N)=O)CC1. The van der Waals surface area contributed by atoms with Crippen molar-refractivity contribution in [2.24, 2.45) is 11.1 Å². The van der Waals surface area contributed by atoms with Crippen LogP contribution in [0.2, 0.25) is 0 Å². The monoisotopic (exact) mass is 201 g/mol. The molecule has 1 fully saturated rings. The number of nitrogens with two attached hydrogens (primary N) is 1. The summed E-state index contributed by atoms with van der Waals surface area (Å²) in [6.07, 6.45) is 3.84. The second kappa shape index (κ2) is 4.64. The van der Waals surface area contributed by atoms with Gasteiger partial charge >= 0.3 is 6.09 Å². The Labute approximate surface area is 84.4 Å². The number of aliphatic hydroxyl groups excluding tert-OH is 1. The van der Waals surface area contributed by atoms with Crippen LogP contribution >= 0.6 is 0 Å². The molecule has 0 aromatic rings. The average Bonchev–Trinajstić information content (AvgIpc) is 2.09. The van der Waals surface area contributed by atoms with Crippen LogP contribution in [0.1, 0.15) is 39.0 Å². The van der Waals surface area contributed by atoms with Gasteiger partial charge in [-0.05, 0) is 37.5 Å². The van der Waals surface area contributed by atoms with E-state index in [1.165, 1.54) is 0 Å². The molecule has 4 heteroatoms. The maximum atomic E-state index is 10.5. The van der Waals surface area contributed by atoms with Gasteiger partial charge in [0.1, 0.15) is 6.10 Å². The van der Waals surface area contributed by atoms with E-state index in [0.29, 0.717) is 0 Å². The predicted molar refractivity (Wildman–Crippen MR) is 52.7 cm³/mol. The third-order valence-corrected chi connectivity index (χ3v) is 3.14. The van der Waals surface area contributed by atoms with Gasteiger partial charge in [-0.15, -0.1) is 0 Å². The average molecular weight is 201 g/mol. The van der Waals surface area contributed by atoms with Crippen molar-refractivity contribution >= 4 is 6.09 Å². The van der Waals surface area contributed by atoms with Crippen molar-refractivity contribution in [3.05, 3.63) is 0 Å². The first-order valence-electron chi connectivity index (χ1n) is 5.13. The number of amides is 1. The van der Waals surface area contributed by atoms with Crippen LogP contribution in [0.3, 0.4) is 0 Å². The molecule has 0 atom stereocenters. The first-order chi connectivity index (χ1) is 6.56. The Morgan fingerprint density at radius 3 is 2.57 bits per heavy atom. The maximum absolute atomic E-state index is 10.5. The molecule has 1 saturated carbocycles. The van der Waals surface area contributed by atoms with Gasteiger partial charge in [-0.2, -0.15) is 0 Å². The summed E-state index contributed by atoms with van der Waals surface area (Å²) in [5, 5.41) is 8.89. The summed E-state index contributed by atoms with van der Waals surface area (Å²) in [5.74, 6) is 0.